The molecule has 7 heteroatoms. The molecule has 0 unspecified atom stereocenters. The molecule has 1 aromatic heterocycles. The molecule has 0 radical (unpaired) electrons. The highest BCUT2D eigenvalue weighted by molar-refractivity contribution is 6.05. The van der Waals surface area contributed by atoms with E-state index in [1.165, 1.54) is 0 Å². The van der Waals surface area contributed by atoms with Crippen molar-refractivity contribution in [3.8, 4) is 0 Å². The molecule has 2 fully saturated rings. The molecule has 7 nitrogen and oxygen atoms in total. The Kier molecular flexibility index (Phi) is 4.89. The summed E-state index contributed by atoms with van der Waals surface area (Å²) in [5.74, 6) is 0.940. The van der Waals surface area contributed by atoms with Gasteiger partial charge in [0, 0.05) is 52.7 Å². The van der Waals surface area contributed by atoms with Crippen LogP contribution in [0.25, 0.3) is 0 Å². The Morgan fingerprint density at radius 2 is 2.00 bits per heavy atom. The Morgan fingerprint density at radius 1 is 1.21 bits per heavy atom. The van der Waals surface area contributed by atoms with Gasteiger partial charge in [-0.25, -0.2) is 4.98 Å². The van der Waals surface area contributed by atoms with Crippen molar-refractivity contribution in [2.45, 2.75) is 32.2 Å². The minimum absolute atomic E-state index is 0.0203. The minimum atomic E-state index is -0.802. The molecule has 132 valence electrons. The highest BCUT2D eigenvalue weighted by Gasteiger charge is 2.52. The van der Waals surface area contributed by atoms with Crippen molar-refractivity contribution < 1.29 is 9.59 Å². The first-order valence-electron chi connectivity index (χ1n) is 8.77. The van der Waals surface area contributed by atoms with Gasteiger partial charge in [-0.1, -0.05) is 6.42 Å². The molecule has 1 N–H and O–H groups in total. The number of carbonyl (C=O) groups is 2. The number of amides is 2. The fraction of sp³-hybridized carbons (Fsp3) is 0.706. The second kappa shape index (κ2) is 6.93. The van der Waals surface area contributed by atoms with E-state index >= 15 is 0 Å². The molecule has 1 aliphatic carbocycles. The van der Waals surface area contributed by atoms with Gasteiger partial charge < -0.3 is 14.8 Å². The fourth-order valence-corrected chi connectivity index (χ4v) is 3.69. The van der Waals surface area contributed by atoms with Crippen LogP contribution in [0.4, 0.5) is 0 Å². The van der Waals surface area contributed by atoms with E-state index in [0.717, 1.165) is 44.8 Å². The number of hydrogen-bond donors (Lipinski definition) is 1. The van der Waals surface area contributed by atoms with Gasteiger partial charge in [0.15, 0.2) is 0 Å². The SMILES string of the molecule is CNC(=O)C1(C(=O)N2CCCN(Cc3nccn3C)CC2)CCC1. The summed E-state index contributed by atoms with van der Waals surface area (Å²) < 4.78 is 2.03. The van der Waals surface area contributed by atoms with Gasteiger partial charge in [-0.15, -0.1) is 0 Å². The van der Waals surface area contributed by atoms with E-state index in [2.05, 4.69) is 15.2 Å². The van der Waals surface area contributed by atoms with Crippen molar-refractivity contribution >= 4 is 11.8 Å². The summed E-state index contributed by atoms with van der Waals surface area (Å²) in [6.45, 7) is 3.98. The van der Waals surface area contributed by atoms with Crippen LogP contribution < -0.4 is 5.32 Å². The van der Waals surface area contributed by atoms with Gasteiger partial charge in [0.1, 0.15) is 11.2 Å². The van der Waals surface area contributed by atoms with E-state index in [0.29, 0.717) is 19.4 Å². The standard InChI is InChI=1S/C17H27N5O2/c1-18-15(23)17(5-3-6-17)16(24)22-9-4-8-21(11-12-22)13-14-19-7-10-20(14)2/h7,10H,3-6,8-9,11-13H2,1-2H3,(H,18,23). The lowest BCUT2D eigenvalue weighted by atomic mass is 9.67. The van der Waals surface area contributed by atoms with Crippen LogP contribution in [-0.4, -0.2) is 64.4 Å². The molecular formula is C17H27N5O2. The van der Waals surface area contributed by atoms with E-state index in [1.807, 2.05) is 28.9 Å². The van der Waals surface area contributed by atoms with E-state index in [1.54, 1.807) is 7.05 Å². The average molecular weight is 333 g/mol. The number of aromatic nitrogens is 2. The number of nitrogens with one attached hydrogen (secondary N) is 1. The maximum Gasteiger partial charge on any atom is 0.238 e. The first-order valence-corrected chi connectivity index (χ1v) is 8.77. The molecule has 3 rings (SSSR count). The molecule has 1 saturated heterocycles. The van der Waals surface area contributed by atoms with E-state index in [9.17, 15) is 9.59 Å². The molecule has 0 spiro atoms. The monoisotopic (exact) mass is 333 g/mol. The Labute approximate surface area is 143 Å². The predicted octanol–water partition coefficient (Wildman–Crippen LogP) is 0.371. The topological polar surface area (TPSA) is 70.5 Å². The second-order valence-electron chi connectivity index (χ2n) is 6.89. The summed E-state index contributed by atoms with van der Waals surface area (Å²) in [5, 5.41) is 2.68. The molecule has 0 bridgehead atoms. The maximum atomic E-state index is 13.0. The van der Waals surface area contributed by atoms with Crippen LogP contribution in [-0.2, 0) is 23.2 Å². The molecule has 2 aliphatic rings. The molecule has 0 atom stereocenters. The number of nitrogens with zero attached hydrogens (tertiary/aromatic N) is 4. The van der Waals surface area contributed by atoms with Crippen LogP contribution in [0, 0.1) is 5.41 Å². The van der Waals surface area contributed by atoms with E-state index < -0.39 is 5.41 Å². The largest absolute Gasteiger partial charge is 0.358 e. The van der Waals surface area contributed by atoms with Crippen molar-refractivity contribution in [2.24, 2.45) is 12.5 Å². The van der Waals surface area contributed by atoms with Crippen molar-refractivity contribution in [3.05, 3.63) is 18.2 Å². The lowest BCUT2D eigenvalue weighted by molar-refractivity contribution is -0.156. The van der Waals surface area contributed by atoms with Crippen LogP contribution in [0.2, 0.25) is 0 Å². The lowest BCUT2D eigenvalue weighted by Gasteiger charge is -2.41. The predicted molar refractivity (Wildman–Crippen MR) is 90.0 cm³/mol. The summed E-state index contributed by atoms with van der Waals surface area (Å²) in [7, 11) is 3.62. The lowest BCUT2D eigenvalue weighted by Crippen LogP contribution is -2.56. The molecule has 1 aromatic rings. The smallest absolute Gasteiger partial charge is 0.238 e. The van der Waals surface area contributed by atoms with Crippen LogP contribution in [0.15, 0.2) is 12.4 Å². The Morgan fingerprint density at radius 3 is 2.58 bits per heavy atom. The van der Waals surface area contributed by atoms with Crippen LogP contribution in [0.3, 0.4) is 0 Å². The van der Waals surface area contributed by atoms with Gasteiger partial charge in [-0.3, -0.25) is 14.5 Å². The molecule has 1 aliphatic heterocycles. The Bertz CT molecular complexity index is 608. The zero-order chi connectivity index (χ0) is 17.2. The molecule has 0 aromatic carbocycles. The van der Waals surface area contributed by atoms with Crippen molar-refractivity contribution in [1.82, 2.24) is 24.7 Å². The summed E-state index contributed by atoms with van der Waals surface area (Å²) in [6.07, 6.45) is 7.01. The van der Waals surface area contributed by atoms with Gasteiger partial charge >= 0.3 is 0 Å². The van der Waals surface area contributed by atoms with Gasteiger partial charge in [0.2, 0.25) is 11.8 Å². The number of aryl methyl sites for hydroxylation is 1. The zero-order valence-corrected chi connectivity index (χ0v) is 14.6. The first kappa shape index (κ1) is 17.0. The van der Waals surface area contributed by atoms with Gasteiger partial charge in [0.25, 0.3) is 0 Å². The second-order valence-corrected chi connectivity index (χ2v) is 6.89. The van der Waals surface area contributed by atoms with Crippen molar-refractivity contribution in [1.29, 1.82) is 0 Å². The minimum Gasteiger partial charge on any atom is -0.358 e. The van der Waals surface area contributed by atoms with Gasteiger partial charge in [0.05, 0.1) is 6.54 Å². The zero-order valence-electron chi connectivity index (χ0n) is 14.6. The number of hydrogen-bond acceptors (Lipinski definition) is 4. The third-order valence-corrected chi connectivity index (χ3v) is 5.44. The number of rotatable bonds is 4. The Balaban J connectivity index is 1.62. The molecular weight excluding hydrogens is 306 g/mol. The molecule has 1 saturated carbocycles. The van der Waals surface area contributed by atoms with E-state index in [4.69, 9.17) is 0 Å². The van der Waals surface area contributed by atoms with Gasteiger partial charge in [-0.2, -0.15) is 0 Å². The third kappa shape index (κ3) is 3.05. The fourth-order valence-electron chi connectivity index (χ4n) is 3.69. The number of imidazole rings is 1. The summed E-state index contributed by atoms with van der Waals surface area (Å²) in [6, 6.07) is 0. The number of carbonyl (C=O) groups excluding carboxylic acids is 2. The third-order valence-electron chi connectivity index (χ3n) is 5.44. The molecule has 24 heavy (non-hydrogen) atoms. The van der Waals surface area contributed by atoms with Crippen LogP contribution in [0.5, 0.6) is 0 Å². The summed E-state index contributed by atoms with van der Waals surface area (Å²) >= 11 is 0. The first-order chi connectivity index (χ1) is 11.6. The maximum absolute atomic E-state index is 13.0. The molecule has 2 heterocycles. The van der Waals surface area contributed by atoms with Crippen molar-refractivity contribution in [3.63, 3.8) is 0 Å². The molecule has 2 amide bonds. The van der Waals surface area contributed by atoms with Gasteiger partial charge in [-0.05, 0) is 19.3 Å². The summed E-state index contributed by atoms with van der Waals surface area (Å²) in [4.78, 5) is 33.8. The van der Waals surface area contributed by atoms with Crippen LogP contribution in [0.1, 0.15) is 31.5 Å². The van der Waals surface area contributed by atoms with E-state index in [-0.39, 0.29) is 11.8 Å². The van der Waals surface area contributed by atoms with Crippen molar-refractivity contribution in [2.75, 3.05) is 33.2 Å². The quantitative estimate of drug-likeness (QED) is 0.808. The normalized spacial score (nSPS) is 21.0. The Hall–Kier alpha value is -1.89. The van der Waals surface area contributed by atoms with Crippen LogP contribution >= 0.6 is 0 Å². The summed E-state index contributed by atoms with van der Waals surface area (Å²) in [5.41, 5.74) is -0.802. The highest BCUT2D eigenvalue weighted by Crippen LogP contribution is 2.43. The average Bonchev–Trinajstić information content (AvgIpc) is 2.80. The highest BCUT2D eigenvalue weighted by atomic mass is 16.2.